The minimum absolute atomic E-state index is 0.0645. The summed E-state index contributed by atoms with van der Waals surface area (Å²) in [6.07, 6.45) is -0.529. The van der Waals surface area contributed by atoms with Crippen LogP contribution in [0.3, 0.4) is 0 Å². The lowest BCUT2D eigenvalue weighted by Crippen LogP contribution is -2.45. The molecular weight excluding hydrogens is 348 g/mol. The molecule has 0 fully saturated rings. The molecule has 0 aliphatic carbocycles. The number of amides is 2. The van der Waals surface area contributed by atoms with Crippen molar-refractivity contribution in [3.05, 3.63) is 54.1 Å². The van der Waals surface area contributed by atoms with Gasteiger partial charge in [-0.3, -0.25) is 14.4 Å². The second-order valence-corrected chi connectivity index (χ2v) is 6.28. The van der Waals surface area contributed by atoms with Crippen molar-refractivity contribution >= 4 is 29.2 Å². The second kappa shape index (κ2) is 7.90. The number of fused-ring (bicyclic) bond motifs is 1. The first-order valence-electron chi connectivity index (χ1n) is 8.61. The Hall–Kier alpha value is -3.35. The van der Waals surface area contributed by atoms with Crippen LogP contribution in [0, 0.1) is 0 Å². The summed E-state index contributed by atoms with van der Waals surface area (Å²) in [6.45, 7) is 1.93. The highest BCUT2D eigenvalue weighted by Gasteiger charge is 2.31. The summed E-state index contributed by atoms with van der Waals surface area (Å²) in [7, 11) is 0. The normalized spacial score (nSPS) is 15.7. The fourth-order valence-corrected chi connectivity index (χ4v) is 2.91. The quantitative estimate of drug-likeness (QED) is 0.817. The van der Waals surface area contributed by atoms with Gasteiger partial charge in [-0.25, -0.2) is 0 Å². The monoisotopic (exact) mass is 368 g/mol. The largest absolute Gasteiger partial charge is 0.481 e. The van der Waals surface area contributed by atoms with Gasteiger partial charge in [0, 0.05) is 18.7 Å². The molecule has 2 aromatic carbocycles. The highest BCUT2D eigenvalue weighted by Crippen LogP contribution is 2.33. The molecule has 27 heavy (non-hydrogen) atoms. The molecule has 7 nitrogen and oxygen atoms in total. The maximum absolute atomic E-state index is 12.4. The average molecular weight is 368 g/mol. The summed E-state index contributed by atoms with van der Waals surface area (Å²) in [6, 6.07) is 13.9. The fourth-order valence-electron chi connectivity index (χ4n) is 2.91. The first-order valence-corrected chi connectivity index (χ1v) is 8.61. The molecule has 0 bridgehead atoms. The topological polar surface area (TPSA) is 95.9 Å². The van der Waals surface area contributed by atoms with Crippen molar-refractivity contribution in [3.8, 4) is 5.75 Å². The Balaban J connectivity index is 1.60. The van der Waals surface area contributed by atoms with Gasteiger partial charge in [0.2, 0.25) is 5.91 Å². The standard InChI is InChI=1S/C20H20N2O5/c1-13-20(26)22(16-4-2-3-5-17(16)27-13)11-10-18(23)21-15-8-6-14(7-9-15)12-19(24)25/h2-9,13H,10-12H2,1H3,(H,21,23)(H,24,25). The zero-order valence-corrected chi connectivity index (χ0v) is 14.8. The van der Waals surface area contributed by atoms with Crippen LogP contribution in [0.25, 0.3) is 0 Å². The molecule has 0 aromatic heterocycles. The number of rotatable bonds is 6. The molecule has 2 aromatic rings. The van der Waals surface area contributed by atoms with Crippen molar-refractivity contribution in [3.63, 3.8) is 0 Å². The number of anilines is 2. The van der Waals surface area contributed by atoms with Gasteiger partial charge in [0.15, 0.2) is 6.10 Å². The number of para-hydroxylation sites is 2. The number of hydrogen-bond donors (Lipinski definition) is 2. The highest BCUT2D eigenvalue weighted by atomic mass is 16.5. The Morgan fingerprint density at radius 1 is 1.15 bits per heavy atom. The maximum atomic E-state index is 12.4. The van der Waals surface area contributed by atoms with Crippen LogP contribution in [-0.4, -0.2) is 35.5 Å². The lowest BCUT2D eigenvalue weighted by Gasteiger charge is -2.32. The summed E-state index contributed by atoms with van der Waals surface area (Å²) in [4.78, 5) is 36.9. The van der Waals surface area contributed by atoms with Crippen LogP contribution in [0.5, 0.6) is 5.75 Å². The van der Waals surface area contributed by atoms with Crippen molar-refractivity contribution < 1.29 is 24.2 Å². The van der Waals surface area contributed by atoms with Crippen LogP contribution >= 0.6 is 0 Å². The minimum atomic E-state index is -0.906. The number of carboxylic acids is 1. The predicted molar refractivity (Wildman–Crippen MR) is 99.9 cm³/mol. The minimum Gasteiger partial charge on any atom is -0.481 e. The zero-order chi connectivity index (χ0) is 19.4. The zero-order valence-electron chi connectivity index (χ0n) is 14.8. The van der Waals surface area contributed by atoms with E-state index in [-0.39, 0.29) is 31.2 Å². The van der Waals surface area contributed by atoms with Crippen LogP contribution in [0.1, 0.15) is 18.9 Å². The molecule has 2 N–H and O–H groups in total. The lowest BCUT2D eigenvalue weighted by molar-refractivity contribution is -0.136. The van der Waals surface area contributed by atoms with E-state index >= 15 is 0 Å². The molecule has 2 amide bonds. The number of aliphatic carboxylic acids is 1. The van der Waals surface area contributed by atoms with Crippen molar-refractivity contribution in [2.24, 2.45) is 0 Å². The Labute approximate surface area is 156 Å². The van der Waals surface area contributed by atoms with Gasteiger partial charge in [-0.1, -0.05) is 24.3 Å². The summed E-state index contributed by atoms with van der Waals surface area (Å²) in [5, 5.41) is 11.5. The number of nitrogens with one attached hydrogen (secondary N) is 1. The van der Waals surface area contributed by atoms with Gasteiger partial charge in [-0.15, -0.1) is 0 Å². The number of ether oxygens (including phenoxy) is 1. The van der Waals surface area contributed by atoms with E-state index in [1.54, 1.807) is 48.2 Å². The molecule has 1 aliphatic heterocycles. The Morgan fingerprint density at radius 3 is 2.56 bits per heavy atom. The molecule has 7 heteroatoms. The van der Waals surface area contributed by atoms with E-state index < -0.39 is 12.1 Å². The Kier molecular flexibility index (Phi) is 5.40. The number of carboxylic acid groups (broad SMARTS) is 1. The molecule has 1 aliphatic rings. The van der Waals surface area contributed by atoms with E-state index in [2.05, 4.69) is 5.32 Å². The summed E-state index contributed by atoms with van der Waals surface area (Å²) >= 11 is 0. The van der Waals surface area contributed by atoms with Crippen LogP contribution < -0.4 is 15.0 Å². The van der Waals surface area contributed by atoms with Crippen LogP contribution in [0.15, 0.2) is 48.5 Å². The van der Waals surface area contributed by atoms with Gasteiger partial charge in [0.05, 0.1) is 12.1 Å². The maximum Gasteiger partial charge on any atom is 0.307 e. The SMILES string of the molecule is CC1Oc2ccccc2N(CCC(=O)Nc2ccc(CC(=O)O)cc2)C1=O. The third-order valence-electron chi connectivity index (χ3n) is 4.23. The van der Waals surface area contributed by atoms with Gasteiger partial charge < -0.3 is 20.1 Å². The van der Waals surface area contributed by atoms with E-state index in [0.29, 0.717) is 22.7 Å². The molecule has 3 rings (SSSR count). The number of nitrogens with zero attached hydrogens (tertiary/aromatic N) is 1. The van der Waals surface area contributed by atoms with Crippen molar-refractivity contribution in [2.45, 2.75) is 25.9 Å². The van der Waals surface area contributed by atoms with Gasteiger partial charge in [-0.05, 0) is 36.8 Å². The number of carbonyl (C=O) groups excluding carboxylic acids is 2. The molecule has 140 valence electrons. The van der Waals surface area contributed by atoms with E-state index in [0.717, 1.165) is 0 Å². The first-order chi connectivity index (χ1) is 12.9. The van der Waals surface area contributed by atoms with Crippen molar-refractivity contribution in [1.82, 2.24) is 0 Å². The average Bonchev–Trinajstić information content (AvgIpc) is 2.63. The van der Waals surface area contributed by atoms with Crippen molar-refractivity contribution in [1.29, 1.82) is 0 Å². The molecule has 0 saturated carbocycles. The number of carbonyl (C=O) groups is 3. The summed E-state index contributed by atoms with van der Waals surface area (Å²) in [5.41, 5.74) is 1.90. The second-order valence-electron chi connectivity index (χ2n) is 6.28. The summed E-state index contributed by atoms with van der Waals surface area (Å²) in [5.74, 6) is -0.694. The van der Waals surface area contributed by atoms with E-state index in [4.69, 9.17) is 9.84 Å². The number of benzene rings is 2. The van der Waals surface area contributed by atoms with E-state index in [1.165, 1.54) is 0 Å². The van der Waals surface area contributed by atoms with Gasteiger partial charge >= 0.3 is 5.97 Å². The fraction of sp³-hybridized carbons (Fsp3) is 0.250. The Bertz CT molecular complexity index is 863. The van der Waals surface area contributed by atoms with Gasteiger partial charge in [0.1, 0.15) is 5.75 Å². The van der Waals surface area contributed by atoms with Crippen molar-refractivity contribution in [2.75, 3.05) is 16.8 Å². The van der Waals surface area contributed by atoms with Gasteiger partial charge in [0.25, 0.3) is 5.91 Å². The molecule has 1 unspecified atom stereocenters. The molecule has 0 spiro atoms. The third-order valence-corrected chi connectivity index (χ3v) is 4.23. The molecular formula is C20H20N2O5. The highest BCUT2D eigenvalue weighted by molar-refractivity contribution is 6.00. The smallest absolute Gasteiger partial charge is 0.307 e. The van der Waals surface area contributed by atoms with Crippen LogP contribution in [0.2, 0.25) is 0 Å². The first kappa shape index (κ1) is 18.4. The van der Waals surface area contributed by atoms with Gasteiger partial charge in [-0.2, -0.15) is 0 Å². The van der Waals surface area contributed by atoms with E-state index in [1.807, 2.05) is 12.1 Å². The lowest BCUT2D eigenvalue weighted by atomic mass is 10.1. The predicted octanol–water partition coefficient (Wildman–Crippen LogP) is 2.46. The number of hydrogen-bond acceptors (Lipinski definition) is 4. The van der Waals surface area contributed by atoms with E-state index in [9.17, 15) is 14.4 Å². The molecule has 1 atom stereocenters. The summed E-state index contributed by atoms with van der Waals surface area (Å²) < 4.78 is 5.58. The van der Waals surface area contributed by atoms with Crippen LogP contribution in [-0.2, 0) is 20.8 Å². The Morgan fingerprint density at radius 2 is 1.85 bits per heavy atom. The third kappa shape index (κ3) is 4.44. The molecule has 0 radical (unpaired) electrons. The van der Waals surface area contributed by atoms with Crippen LogP contribution in [0.4, 0.5) is 11.4 Å². The molecule has 0 saturated heterocycles. The molecule has 1 heterocycles.